The van der Waals surface area contributed by atoms with Gasteiger partial charge in [0.05, 0.1) is 0 Å². The average molecular weight is 376 g/mol. The molecule has 28 heavy (non-hydrogen) atoms. The fourth-order valence-electron chi connectivity index (χ4n) is 2.60. The number of hydrogen-bond donors (Lipinski definition) is 1. The Labute approximate surface area is 163 Å². The highest BCUT2D eigenvalue weighted by atomic mass is 19.1. The molecule has 5 heteroatoms. The van der Waals surface area contributed by atoms with E-state index >= 15 is 0 Å². The van der Waals surface area contributed by atoms with Crippen molar-refractivity contribution in [3.05, 3.63) is 102 Å². The first-order chi connectivity index (χ1) is 13.6. The Morgan fingerprint density at radius 2 is 1.82 bits per heavy atom. The number of hydrogen-bond acceptors (Lipinski definition) is 3. The molecule has 4 nitrogen and oxygen atoms in total. The second-order valence-electron chi connectivity index (χ2n) is 6.33. The first kappa shape index (κ1) is 19.3. The van der Waals surface area contributed by atoms with Gasteiger partial charge in [-0.1, -0.05) is 42.5 Å². The molecular formula is C23H21FN2O2. The highest BCUT2D eigenvalue weighted by Gasteiger charge is 2.04. The van der Waals surface area contributed by atoms with Crippen molar-refractivity contribution < 1.29 is 13.9 Å². The standard InChI is InChI=1S/C23H21FN2O2/c1-17(20-7-9-21(24)10-8-20)13-22(27)26-15-19-11-12-25-23(14-19)28-16-18-5-3-2-4-6-18/h2-14H,15-16H2,1H3,(H,26,27)/b17-13-. The molecule has 0 saturated heterocycles. The summed E-state index contributed by atoms with van der Waals surface area (Å²) in [7, 11) is 0. The van der Waals surface area contributed by atoms with Crippen LogP contribution in [0.1, 0.15) is 23.6 Å². The summed E-state index contributed by atoms with van der Waals surface area (Å²) < 4.78 is 18.7. The second-order valence-corrected chi connectivity index (χ2v) is 6.33. The number of aromatic nitrogens is 1. The molecule has 0 unspecified atom stereocenters. The number of benzene rings is 2. The molecule has 1 N–H and O–H groups in total. The van der Waals surface area contributed by atoms with Gasteiger partial charge < -0.3 is 10.1 Å². The van der Waals surface area contributed by atoms with E-state index in [1.54, 1.807) is 24.4 Å². The number of carbonyl (C=O) groups is 1. The Hall–Kier alpha value is -3.47. The average Bonchev–Trinajstić information content (AvgIpc) is 2.72. The van der Waals surface area contributed by atoms with Crippen LogP contribution in [0.3, 0.4) is 0 Å². The zero-order valence-electron chi connectivity index (χ0n) is 15.6. The van der Waals surface area contributed by atoms with Crippen LogP contribution in [0.15, 0.2) is 79.0 Å². The van der Waals surface area contributed by atoms with E-state index in [0.717, 1.165) is 22.3 Å². The lowest BCUT2D eigenvalue weighted by molar-refractivity contribution is -0.116. The summed E-state index contributed by atoms with van der Waals surface area (Å²) in [5.41, 5.74) is 3.51. The van der Waals surface area contributed by atoms with Crippen molar-refractivity contribution in [1.82, 2.24) is 10.3 Å². The predicted molar refractivity (Wildman–Crippen MR) is 107 cm³/mol. The third kappa shape index (κ3) is 5.77. The molecule has 0 aliphatic rings. The number of ether oxygens (including phenoxy) is 1. The summed E-state index contributed by atoms with van der Waals surface area (Å²) in [6.45, 7) is 2.61. The van der Waals surface area contributed by atoms with E-state index in [4.69, 9.17) is 4.74 Å². The highest BCUT2D eigenvalue weighted by molar-refractivity contribution is 5.94. The van der Waals surface area contributed by atoms with Crippen molar-refractivity contribution in [3.63, 3.8) is 0 Å². The molecule has 1 amide bonds. The molecule has 0 bridgehead atoms. The highest BCUT2D eigenvalue weighted by Crippen LogP contribution is 2.14. The number of nitrogens with one attached hydrogen (secondary N) is 1. The SMILES string of the molecule is C/C(=C/C(=O)NCc1ccnc(OCc2ccccc2)c1)c1ccc(F)cc1. The minimum absolute atomic E-state index is 0.217. The maximum absolute atomic E-state index is 13.0. The van der Waals surface area contributed by atoms with E-state index in [1.807, 2.05) is 43.3 Å². The third-order valence-corrected chi connectivity index (χ3v) is 4.14. The largest absolute Gasteiger partial charge is 0.473 e. The van der Waals surface area contributed by atoms with Crippen molar-refractivity contribution in [3.8, 4) is 5.88 Å². The Balaban J connectivity index is 1.54. The Kier molecular flexibility index (Phi) is 6.52. The van der Waals surface area contributed by atoms with Gasteiger partial charge in [0.2, 0.25) is 11.8 Å². The topological polar surface area (TPSA) is 51.2 Å². The molecule has 0 aliphatic heterocycles. The van der Waals surface area contributed by atoms with Gasteiger partial charge in [-0.05, 0) is 47.4 Å². The molecule has 0 spiro atoms. The van der Waals surface area contributed by atoms with E-state index in [2.05, 4.69) is 10.3 Å². The van der Waals surface area contributed by atoms with Crippen molar-refractivity contribution in [2.45, 2.75) is 20.1 Å². The van der Waals surface area contributed by atoms with Gasteiger partial charge in [0.25, 0.3) is 0 Å². The van der Waals surface area contributed by atoms with Crippen molar-refractivity contribution in [1.29, 1.82) is 0 Å². The molecule has 0 aliphatic carbocycles. The van der Waals surface area contributed by atoms with E-state index in [9.17, 15) is 9.18 Å². The number of halogens is 1. The summed E-state index contributed by atoms with van der Waals surface area (Å²) in [5.74, 6) is -0.0111. The lowest BCUT2D eigenvalue weighted by Gasteiger charge is -2.08. The first-order valence-corrected chi connectivity index (χ1v) is 8.94. The summed E-state index contributed by atoms with van der Waals surface area (Å²) in [4.78, 5) is 16.4. The second kappa shape index (κ2) is 9.46. The maximum atomic E-state index is 13.0. The minimum atomic E-state index is -0.302. The number of amides is 1. The lowest BCUT2D eigenvalue weighted by Crippen LogP contribution is -2.20. The van der Waals surface area contributed by atoms with Crippen LogP contribution in [0.4, 0.5) is 4.39 Å². The maximum Gasteiger partial charge on any atom is 0.244 e. The Morgan fingerprint density at radius 1 is 1.07 bits per heavy atom. The number of nitrogens with zero attached hydrogens (tertiary/aromatic N) is 1. The van der Waals surface area contributed by atoms with Crippen molar-refractivity contribution >= 4 is 11.5 Å². The molecule has 0 atom stereocenters. The Morgan fingerprint density at radius 3 is 2.57 bits per heavy atom. The quantitative estimate of drug-likeness (QED) is 0.617. The molecular weight excluding hydrogens is 355 g/mol. The summed E-state index contributed by atoms with van der Waals surface area (Å²) in [6.07, 6.45) is 3.16. The zero-order chi connectivity index (χ0) is 19.8. The number of pyridine rings is 1. The van der Waals surface area contributed by atoms with E-state index in [1.165, 1.54) is 18.2 Å². The van der Waals surface area contributed by atoms with Gasteiger partial charge in [0, 0.05) is 24.9 Å². The molecule has 0 fully saturated rings. The fraction of sp³-hybridized carbons (Fsp3) is 0.130. The third-order valence-electron chi connectivity index (χ3n) is 4.14. The van der Waals surface area contributed by atoms with Gasteiger partial charge in [0.1, 0.15) is 12.4 Å². The molecule has 0 saturated carbocycles. The summed E-state index contributed by atoms with van der Waals surface area (Å²) >= 11 is 0. The molecule has 1 aromatic heterocycles. The number of rotatable bonds is 7. The van der Waals surface area contributed by atoms with Gasteiger partial charge in [-0.3, -0.25) is 4.79 Å². The molecule has 1 heterocycles. The molecule has 142 valence electrons. The van der Waals surface area contributed by atoms with Gasteiger partial charge >= 0.3 is 0 Å². The van der Waals surface area contributed by atoms with Gasteiger partial charge in [-0.2, -0.15) is 0 Å². The summed E-state index contributed by atoms with van der Waals surface area (Å²) in [5, 5.41) is 2.84. The molecule has 2 aromatic carbocycles. The minimum Gasteiger partial charge on any atom is -0.473 e. The molecule has 3 rings (SSSR count). The smallest absolute Gasteiger partial charge is 0.244 e. The monoisotopic (exact) mass is 376 g/mol. The normalized spacial score (nSPS) is 11.1. The lowest BCUT2D eigenvalue weighted by atomic mass is 10.1. The van der Waals surface area contributed by atoms with Crippen molar-refractivity contribution in [2.24, 2.45) is 0 Å². The van der Waals surface area contributed by atoms with Crippen LogP contribution < -0.4 is 10.1 Å². The van der Waals surface area contributed by atoms with E-state index < -0.39 is 0 Å². The van der Waals surface area contributed by atoms with Crippen LogP contribution in [-0.4, -0.2) is 10.9 Å². The van der Waals surface area contributed by atoms with Crippen LogP contribution in [0.5, 0.6) is 5.88 Å². The molecule has 0 radical (unpaired) electrons. The van der Waals surface area contributed by atoms with Gasteiger partial charge in [-0.15, -0.1) is 0 Å². The predicted octanol–water partition coefficient (Wildman–Crippen LogP) is 4.52. The van der Waals surface area contributed by atoms with E-state index in [-0.39, 0.29) is 11.7 Å². The number of allylic oxidation sites excluding steroid dienone is 1. The van der Waals surface area contributed by atoms with Crippen LogP contribution >= 0.6 is 0 Å². The zero-order valence-corrected chi connectivity index (χ0v) is 15.6. The first-order valence-electron chi connectivity index (χ1n) is 8.94. The summed E-state index contributed by atoms with van der Waals surface area (Å²) in [6, 6.07) is 19.5. The number of carbonyl (C=O) groups excluding carboxylic acids is 1. The van der Waals surface area contributed by atoms with Gasteiger partial charge in [-0.25, -0.2) is 9.37 Å². The Bertz CT molecular complexity index is 954. The molecule has 3 aromatic rings. The van der Waals surface area contributed by atoms with E-state index in [0.29, 0.717) is 19.0 Å². The van der Waals surface area contributed by atoms with Crippen LogP contribution in [0.25, 0.3) is 5.57 Å². The van der Waals surface area contributed by atoms with Crippen molar-refractivity contribution in [2.75, 3.05) is 0 Å². The van der Waals surface area contributed by atoms with Crippen LogP contribution in [0, 0.1) is 5.82 Å². The fourth-order valence-corrected chi connectivity index (χ4v) is 2.60. The van der Waals surface area contributed by atoms with Gasteiger partial charge in [0.15, 0.2) is 0 Å². The van der Waals surface area contributed by atoms with Crippen LogP contribution in [-0.2, 0) is 17.9 Å². The van der Waals surface area contributed by atoms with Crippen LogP contribution in [0.2, 0.25) is 0 Å².